The number of hydrogen-bond donors (Lipinski definition) is 0. The topological polar surface area (TPSA) is 47.6 Å². The minimum Gasteiger partial charge on any atom is -0.408 e. The number of halogens is 2. The van der Waals surface area contributed by atoms with Crippen molar-refractivity contribution >= 4 is 23.5 Å². The summed E-state index contributed by atoms with van der Waals surface area (Å²) in [6.45, 7) is 3.66. The average Bonchev–Trinajstić information content (AvgIpc) is 2.90. The Balaban J connectivity index is 0.00000169. The molecule has 0 saturated carbocycles. The van der Waals surface area contributed by atoms with Gasteiger partial charge in [-0.15, -0.1) is 12.4 Å². The molecule has 0 unspecified atom stereocenters. The molecule has 24 heavy (non-hydrogen) atoms. The molecule has 4 rings (SSSR count). The van der Waals surface area contributed by atoms with Crippen LogP contribution in [0.15, 0.2) is 27.4 Å². The van der Waals surface area contributed by atoms with Crippen LogP contribution in [-0.4, -0.2) is 41.8 Å². The highest BCUT2D eigenvalue weighted by Crippen LogP contribution is 2.28. The fourth-order valence-corrected chi connectivity index (χ4v) is 3.92. The summed E-state index contributed by atoms with van der Waals surface area (Å²) in [6, 6.07) is 5.04. The Kier molecular flexibility index (Phi) is 5.27. The lowest BCUT2D eigenvalue weighted by Gasteiger charge is -2.39. The van der Waals surface area contributed by atoms with Gasteiger partial charge in [-0.25, -0.2) is 9.18 Å². The van der Waals surface area contributed by atoms with Crippen LogP contribution in [0.2, 0.25) is 0 Å². The molecule has 1 aromatic carbocycles. The number of oxazole rings is 1. The molecule has 0 radical (unpaired) electrons. The number of likely N-dealkylation sites (tertiary alicyclic amines) is 1. The highest BCUT2D eigenvalue weighted by atomic mass is 35.5. The molecule has 2 aromatic rings. The van der Waals surface area contributed by atoms with Gasteiger partial charge in [-0.1, -0.05) is 0 Å². The third-order valence-corrected chi connectivity index (χ3v) is 5.15. The smallest absolute Gasteiger partial charge is 0.408 e. The van der Waals surface area contributed by atoms with Crippen LogP contribution in [0.25, 0.3) is 11.1 Å². The molecule has 5 nitrogen and oxygen atoms in total. The number of piperidine rings is 1. The first-order valence-electron chi connectivity index (χ1n) is 8.35. The Bertz CT molecular complexity index is 746. The standard InChI is InChI=1S/C17H21FN2O3.ClH/c18-12-1-2-15-16(11-12)23-17(21)20(15)14-3-7-19(8-4-14)13-5-9-22-10-6-13;/h1-2,11,13-14H,3-10H2;1H. The minimum atomic E-state index is -0.382. The van der Waals surface area contributed by atoms with E-state index in [1.54, 1.807) is 10.6 Å². The second kappa shape index (κ2) is 7.25. The van der Waals surface area contributed by atoms with Gasteiger partial charge < -0.3 is 14.1 Å². The van der Waals surface area contributed by atoms with Crippen molar-refractivity contribution in [3.63, 3.8) is 0 Å². The van der Waals surface area contributed by atoms with Gasteiger partial charge >= 0.3 is 5.76 Å². The maximum Gasteiger partial charge on any atom is 0.420 e. The van der Waals surface area contributed by atoms with Crippen LogP contribution in [0.4, 0.5) is 4.39 Å². The van der Waals surface area contributed by atoms with Crippen LogP contribution < -0.4 is 5.76 Å². The quantitative estimate of drug-likeness (QED) is 0.830. The molecule has 2 aliphatic rings. The fraction of sp³-hybridized carbons (Fsp3) is 0.588. The van der Waals surface area contributed by atoms with Gasteiger partial charge in [0.05, 0.1) is 5.52 Å². The molecule has 0 amide bonds. The first-order chi connectivity index (χ1) is 11.2. The van der Waals surface area contributed by atoms with Crippen LogP contribution >= 0.6 is 12.4 Å². The van der Waals surface area contributed by atoms with Crippen LogP contribution in [0.1, 0.15) is 31.7 Å². The van der Waals surface area contributed by atoms with Crippen molar-refractivity contribution in [1.29, 1.82) is 0 Å². The lowest BCUT2D eigenvalue weighted by molar-refractivity contribution is 0.0218. The SMILES string of the molecule is Cl.O=c1oc2cc(F)ccc2n1C1CCN(C2CCOCC2)CC1. The normalized spacial score (nSPS) is 21.0. The van der Waals surface area contributed by atoms with E-state index in [2.05, 4.69) is 4.90 Å². The van der Waals surface area contributed by atoms with Crippen LogP contribution in [0.5, 0.6) is 0 Å². The van der Waals surface area contributed by atoms with Gasteiger partial charge in [-0.3, -0.25) is 4.57 Å². The summed E-state index contributed by atoms with van der Waals surface area (Å²) in [4.78, 5) is 14.7. The van der Waals surface area contributed by atoms with E-state index >= 15 is 0 Å². The molecule has 2 aliphatic heterocycles. The van der Waals surface area contributed by atoms with E-state index in [0.29, 0.717) is 17.1 Å². The number of fused-ring (bicyclic) bond motifs is 1. The number of ether oxygens (including phenoxy) is 1. The van der Waals surface area contributed by atoms with Crippen LogP contribution in [0.3, 0.4) is 0 Å². The third-order valence-electron chi connectivity index (χ3n) is 5.15. The van der Waals surface area contributed by atoms with Gasteiger partial charge in [0.15, 0.2) is 5.58 Å². The van der Waals surface area contributed by atoms with E-state index in [9.17, 15) is 9.18 Å². The molecule has 0 bridgehead atoms. The van der Waals surface area contributed by atoms with Crippen molar-refractivity contribution in [2.24, 2.45) is 0 Å². The van der Waals surface area contributed by atoms with Gasteiger partial charge in [0.2, 0.25) is 0 Å². The second-order valence-electron chi connectivity index (χ2n) is 6.46. The Morgan fingerprint density at radius 1 is 1.04 bits per heavy atom. The van der Waals surface area contributed by atoms with E-state index < -0.39 is 0 Å². The molecule has 0 spiro atoms. The highest BCUT2D eigenvalue weighted by Gasteiger charge is 2.29. The zero-order valence-electron chi connectivity index (χ0n) is 13.4. The van der Waals surface area contributed by atoms with Gasteiger partial charge in [0, 0.05) is 44.5 Å². The molecule has 132 valence electrons. The summed E-state index contributed by atoms with van der Waals surface area (Å²) in [5.41, 5.74) is 1.03. The van der Waals surface area contributed by atoms with E-state index in [1.807, 2.05) is 0 Å². The second-order valence-corrected chi connectivity index (χ2v) is 6.46. The molecule has 1 aromatic heterocycles. The Hall–Kier alpha value is -1.37. The third kappa shape index (κ3) is 3.23. The predicted molar refractivity (Wildman–Crippen MR) is 91.4 cm³/mol. The minimum absolute atomic E-state index is 0. The fourth-order valence-electron chi connectivity index (χ4n) is 3.92. The van der Waals surface area contributed by atoms with Crippen LogP contribution in [0, 0.1) is 5.82 Å². The number of nitrogens with zero attached hydrogens (tertiary/aromatic N) is 2. The molecule has 0 aliphatic carbocycles. The summed E-state index contributed by atoms with van der Waals surface area (Å²) in [5.74, 6) is -0.761. The van der Waals surface area contributed by atoms with Crippen molar-refractivity contribution in [1.82, 2.24) is 9.47 Å². The molecule has 7 heteroatoms. The maximum atomic E-state index is 13.3. The van der Waals surface area contributed by atoms with Crippen molar-refractivity contribution in [2.45, 2.75) is 37.8 Å². The Morgan fingerprint density at radius 3 is 2.46 bits per heavy atom. The molecule has 0 atom stereocenters. The largest absolute Gasteiger partial charge is 0.420 e. The molecular weight excluding hydrogens is 335 g/mol. The first kappa shape index (κ1) is 17.5. The maximum absolute atomic E-state index is 13.3. The zero-order chi connectivity index (χ0) is 15.8. The Labute approximate surface area is 145 Å². The summed E-state index contributed by atoms with van der Waals surface area (Å²) in [5, 5.41) is 0. The van der Waals surface area contributed by atoms with Crippen molar-refractivity contribution in [3.8, 4) is 0 Å². The summed E-state index contributed by atoms with van der Waals surface area (Å²) >= 11 is 0. The lowest BCUT2D eigenvalue weighted by atomic mass is 9.99. The lowest BCUT2D eigenvalue weighted by Crippen LogP contribution is -2.45. The number of benzene rings is 1. The molecule has 2 saturated heterocycles. The van der Waals surface area contributed by atoms with Crippen molar-refractivity contribution in [3.05, 3.63) is 34.6 Å². The highest BCUT2D eigenvalue weighted by molar-refractivity contribution is 5.85. The van der Waals surface area contributed by atoms with E-state index in [4.69, 9.17) is 9.15 Å². The number of aromatic nitrogens is 1. The van der Waals surface area contributed by atoms with E-state index in [0.717, 1.165) is 52.0 Å². The molecular formula is C17H22ClFN2O3. The molecule has 0 N–H and O–H groups in total. The van der Waals surface area contributed by atoms with Gasteiger partial charge in [0.1, 0.15) is 5.82 Å². The van der Waals surface area contributed by atoms with Gasteiger partial charge in [-0.2, -0.15) is 0 Å². The molecule has 3 heterocycles. The summed E-state index contributed by atoms with van der Waals surface area (Å²) in [6.07, 6.45) is 4.03. The van der Waals surface area contributed by atoms with Crippen LogP contribution in [-0.2, 0) is 4.74 Å². The van der Waals surface area contributed by atoms with Crippen molar-refractivity contribution in [2.75, 3.05) is 26.3 Å². The molecule has 2 fully saturated rings. The number of hydrogen-bond acceptors (Lipinski definition) is 4. The Morgan fingerprint density at radius 2 is 1.75 bits per heavy atom. The summed E-state index contributed by atoms with van der Waals surface area (Å²) in [7, 11) is 0. The average molecular weight is 357 g/mol. The van der Waals surface area contributed by atoms with Crippen molar-refractivity contribution < 1.29 is 13.5 Å². The predicted octanol–water partition coefficient (Wildman–Crippen LogP) is 2.97. The van der Waals surface area contributed by atoms with E-state index in [-0.39, 0.29) is 30.0 Å². The number of rotatable bonds is 2. The van der Waals surface area contributed by atoms with Gasteiger partial charge in [-0.05, 0) is 37.8 Å². The zero-order valence-corrected chi connectivity index (χ0v) is 14.3. The van der Waals surface area contributed by atoms with E-state index in [1.165, 1.54) is 12.1 Å². The monoisotopic (exact) mass is 356 g/mol. The first-order valence-corrected chi connectivity index (χ1v) is 8.35. The van der Waals surface area contributed by atoms with Gasteiger partial charge in [0.25, 0.3) is 0 Å². The summed E-state index contributed by atoms with van der Waals surface area (Å²) < 4.78 is 25.6.